The molecule has 4 nitrogen and oxygen atoms in total. The van der Waals surface area contributed by atoms with Gasteiger partial charge in [-0.05, 0) is 30.3 Å². The van der Waals surface area contributed by atoms with E-state index in [1.165, 1.54) is 23.9 Å². The molecule has 0 fully saturated rings. The predicted molar refractivity (Wildman–Crippen MR) is 96.3 cm³/mol. The van der Waals surface area contributed by atoms with Gasteiger partial charge in [-0.1, -0.05) is 35.3 Å². The number of carbonyl (C=O) groups excluding carboxylic acids is 1. The molecule has 0 aromatic heterocycles. The number of amides is 1. The number of hydrogen-bond acceptors (Lipinski definition) is 4. The minimum absolute atomic E-state index is 0.105. The SMILES string of the molecule is N#CCC(C#N)Sc1ccccc1NC(=O)c1cc(Cl)cc(Cl)c1. The van der Waals surface area contributed by atoms with E-state index >= 15 is 0 Å². The van der Waals surface area contributed by atoms with Gasteiger partial charge in [0.25, 0.3) is 5.91 Å². The topological polar surface area (TPSA) is 76.7 Å². The van der Waals surface area contributed by atoms with Crippen LogP contribution in [0.3, 0.4) is 0 Å². The van der Waals surface area contributed by atoms with Crippen LogP contribution in [-0.2, 0) is 0 Å². The molecule has 120 valence electrons. The van der Waals surface area contributed by atoms with Crippen molar-refractivity contribution in [2.45, 2.75) is 16.6 Å². The third kappa shape index (κ3) is 4.91. The van der Waals surface area contributed by atoms with E-state index < -0.39 is 5.25 Å². The molecule has 0 aliphatic carbocycles. The van der Waals surface area contributed by atoms with E-state index in [1.54, 1.807) is 30.3 Å². The molecule has 2 rings (SSSR count). The van der Waals surface area contributed by atoms with Gasteiger partial charge < -0.3 is 5.32 Å². The highest BCUT2D eigenvalue weighted by molar-refractivity contribution is 8.00. The van der Waals surface area contributed by atoms with E-state index in [0.717, 1.165) is 0 Å². The van der Waals surface area contributed by atoms with Crippen molar-refractivity contribution < 1.29 is 4.79 Å². The van der Waals surface area contributed by atoms with Crippen molar-refractivity contribution in [1.29, 1.82) is 10.5 Å². The smallest absolute Gasteiger partial charge is 0.255 e. The normalized spacial score (nSPS) is 11.2. The maximum atomic E-state index is 12.4. The molecule has 0 bridgehead atoms. The second kappa shape index (κ2) is 8.61. The highest BCUT2D eigenvalue weighted by Gasteiger charge is 2.14. The number of para-hydroxylation sites is 1. The fourth-order valence-corrected chi connectivity index (χ4v) is 3.35. The van der Waals surface area contributed by atoms with Crippen LogP contribution in [0.2, 0.25) is 10.0 Å². The van der Waals surface area contributed by atoms with Gasteiger partial charge in [0.1, 0.15) is 5.25 Å². The summed E-state index contributed by atoms with van der Waals surface area (Å²) in [6, 6.07) is 15.7. The molecule has 0 aliphatic heterocycles. The fraction of sp³-hybridized carbons (Fsp3) is 0.118. The Labute approximate surface area is 154 Å². The molecule has 2 aromatic rings. The molecule has 1 atom stereocenters. The van der Waals surface area contributed by atoms with Crippen LogP contribution in [0.5, 0.6) is 0 Å². The molecule has 0 aliphatic rings. The third-order valence-corrected chi connectivity index (χ3v) is 4.55. The van der Waals surface area contributed by atoms with Crippen LogP contribution in [0.1, 0.15) is 16.8 Å². The van der Waals surface area contributed by atoms with Gasteiger partial charge in [0.05, 0.1) is 24.2 Å². The summed E-state index contributed by atoms with van der Waals surface area (Å²) in [5.74, 6) is -0.360. The molecule has 0 saturated heterocycles. The zero-order valence-electron chi connectivity index (χ0n) is 12.3. The number of halogens is 2. The van der Waals surface area contributed by atoms with Crippen molar-refractivity contribution in [3.05, 3.63) is 58.1 Å². The van der Waals surface area contributed by atoms with Crippen molar-refractivity contribution in [2.24, 2.45) is 0 Å². The van der Waals surface area contributed by atoms with Crippen molar-refractivity contribution >= 4 is 46.6 Å². The lowest BCUT2D eigenvalue weighted by atomic mass is 10.2. The van der Waals surface area contributed by atoms with Crippen LogP contribution in [-0.4, -0.2) is 11.2 Å². The number of hydrogen-bond donors (Lipinski definition) is 1. The summed E-state index contributed by atoms with van der Waals surface area (Å²) in [6.07, 6.45) is 0.105. The molecule has 0 spiro atoms. The zero-order chi connectivity index (χ0) is 17.5. The molecule has 1 unspecified atom stereocenters. The van der Waals surface area contributed by atoms with E-state index in [4.69, 9.17) is 33.7 Å². The Morgan fingerprint density at radius 2 is 1.83 bits per heavy atom. The quantitative estimate of drug-likeness (QED) is 0.733. The van der Waals surface area contributed by atoms with E-state index in [9.17, 15) is 4.79 Å². The zero-order valence-corrected chi connectivity index (χ0v) is 14.6. The predicted octanol–water partition coefficient (Wildman–Crippen LogP) is 5.14. The average molecular weight is 376 g/mol. The number of carbonyl (C=O) groups is 1. The number of rotatable bonds is 5. The highest BCUT2D eigenvalue weighted by Crippen LogP contribution is 2.32. The summed E-state index contributed by atoms with van der Waals surface area (Å²) in [4.78, 5) is 13.1. The molecule has 1 N–H and O–H groups in total. The van der Waals surface area contributed by atoms with Gasteiger partial charge in [0.15, 0.2) is 0 Å². The highest BCUT2D eigenvalue weighted by atomic mass is 35.5. The largest absolute Gasteiger partial charge is 0.321 e. The van der Waals surface area contributed by atoms with Gasteiger partial charge in [-0.2, -0.15) is 10.5 Å². The van der Waals surface area contributed by atoms with E-state index in [-0.39, 0.29) is 12.3 Å². The van der Waals surface area contributed by atoms with Crippen molar-refractivity contribution in [3.8, 4) is 12.1 Å². The molecule has 0 radical (unpaired) electrons. The molecule has 0 heterocycles. The van der Waals surface area contributed by atoms with Gasteiger partial charge in [-0.3, -0.25) is 4.79 Å². The third-order valence-electron chi connectivity index (χ3n) is 2.95. The standard InChI is InChI=1S/C17H11Cl2N3OS/c18-12-7-11(8-13(19)9-12)17(23)22-15-3-1-2-4-16(15)24-14(10-21)5-6-20/h1-4,7-9,14H,5H2,(H,22,23). The Morgan fingerprint density at radius 3 is 2.46 bits per heavy atom. The maximum Gasteiger partial charge on any atom is 0.255 e. The Hall–Kier alpha value is -2.18. The molecule has 2 aromatic carbocycles. The minimum Gasteiger partial charge on any atom is -0.321 e. The van der Waals surface area contributed by atoms with Crippen LogP contribution in [0.25, 0.3) is 0 Å². The Balaban J connectivity index is 2.22. The number of anilines is 1. The Bertz CT molecular complexity index is 822. The summed E-state index contributed by atoms with van der Waals surface area (Å²) < 4.78 is 0. The summed E-state index contributed by atoms with van der Waals surface area (Å²) in [7, 11) is 0. The van der Waals surface area contributed by atoms with Crippen LogP contribution in [0.4, 0.5) is 5.69 Å². The first-order valence-corrected chi connectivity index (χ1v) is 8.46. The first-order valence-electron chi connectivity index (χ1n) is 6.83. The molecular weight excluding hydrogens is 365 g/mol. The first-order chi connectivity index (χ1) is 11.5. The Kier molecular flexibility index (Phi) is 6.52. The van der Waals surface area contributed by atoms with Crippen molar-refractivity contribution in [3.63, 3.8) is 0 Å². The van der Waals surface area contributed by atoms with Crippen LogP contribution < -0.4 is 5.32 Å². The van der Waals surface area contributed by atoms with Gasteiger partial charge >= 0.3 is 0 Å². The molecular formula is C17H11Cl2N3OS. The van der Waals surface area contributed by atoms with E-state index in [2.05, 4.69) is 11.4 Å². The second-order valence-electron chi connectivity index (χ2n) is 4.71. The number of thioether (sulfide) groups is 1. The van der Waals surface area contributed by atoms with Gasteiger partial charge in [-0.25, -0.2) is 0 Å². The van der Waals surface area contributed by atoms with E-state index in [1.807, 2.05) is 6.07 Å². The molecule has 0 saturated carbocycles. The second-order valence-corrected chi connectivity index (χ2v) is 6.82. The lowest BCUT2D eigenvalue weighted by Gasteiger charge is -2.12. The van der Waals surface area contributed by atoms with Crippen LogP contribution in [0.15, 0.2) is 47.4 Å². The average Bonchev–Trinajstić information content (AvgIpc) is 2.55. The van der Waals surface area contributed by atoms with Gasteiger partial charge in [0, 0.05) is 20.5 Å². The van der Waals surface area contributed by atoms with E-state index in [0.29, 0.717) is 26.2 Å². The summed E-state index contributed by atoms with van der Waals surface area (Å²) in [5, 5.41) is 20.9. The summed E-state index contributed by atoms with van der Waals surface area (Å²) in [6.45, 7) is 0. The van der Waals surface area contributed by atoms with Gasteiger partial charge in [-0.15, -0.1) is 11.8 Å². The maximum absolute atomic E-state index is 12.4. The minimum atomic E-state index is -0.506. The number of nitrogens with zero attached hydrogens (tertiary/aromatic N) is 2. The monoisotopic (exact) mass is 375 g/mol. The first kappa shape index (κ1) is 18.2. The van der Waals surface area contributed by atoms with Crippen LogP contribution in [0, 0.1) is 22.7 Å². The van der Waals surface area contributed by atoms with Crippen molar-refractivity contribution in [1.82, 2.24) is 0 Å². The molecule has 1 amide bonds. The lowest BCUT2D eigenvalue weighted by molar-refractivity contribution is 0.102. The number of benzene rings is 2. The number of nitriles is 2. The fourth-order valence-electron chi connectivity index (χ4n) is 1.90. The number of nitrogens with one attached hydrogen (secondary N) is 1. The molecule has 24 heavy (non-hydrogen) atoms. The van der Waals surface area contributed by atoms with Crippen LogP contribution >= 0.6 is 35.0 Å². The summed E-state index contributed by atoms with van der Waals surface area (Å²) in [5.41, 5.74) is 0.892. The van der Waals surface area contributed by atoms with Crippen molar-refractivity contribution in [2.75, 3.05) is 5.32 Å². The lowest BCUT2D eigenvalue weighted by Crippen LogP contribution is -2.13. The van der Waals surface area contributed by atoms with Gasteiger partial charge in [0.2, 0.25) is 0 Å². The summed E-state index contributed by atoms with van der Waals surface area (Å²) >= 11 is 13.1. The molecule has 7 heteroatoms. The Morgan fingerprint density at radius 1 is 1.17 bits per heavy atom.